The highest BCUT2D eigenvalue weighted by Crippen LogP contribution is 2.30. The Morgan fingerprint density at radius 1 is 1.44 bits per heavy atom. The fourth-order valence-corrected chi connectivity index (χ4v) is 1.94. The minimum atomic E-state index is -0.550. The van der Waals surface area contributed by atoms with Gasteiger partial charge in [-0.1, -0.05) is 48.4 Å². The molecule has 16 heavy (non-hydrogen) atoms. The van der Waals surface area contributed by atoms with Gasteiger partial charge in [-0.2, -0.15) is 0 Å². The second-order valence-corrected chi connectivity index (χ2v) is 3.75. The van der Waals surface area contributed by atoms with Gasteiger partial charge in [0, 0.05) is 5.39 Å². The van der Waals surface area contributed by atoms with Gasteiger partial charge in [-0.3, -0.25) is 0 Å². The van der Waals surface area contributed by atoms with Crippen LogP contribution in [-0.4, -0.2) is 0 Å². The number of terminal acetylenes is 1. The lowest BCUT2D eigenvalue weighted by Gasteiger charge is -2.07. The van der Waals surface area contributed by atoms with Crippen molar-refractivity contribution in [3.8, 4) is 12.3 Å². The first-order valence-electron chi connectivity index (χ1n) is 4.68. The zero-order valence-corrected chi connectivity index (χ0v) is 9.18. The monoisotopic (exact) mass is 230 g/mol. The molecule has 78 valence electrons. The molecule has 0 fully saturated rings. The molecule has 0 saturated heterocycles. The van der Waals surface area contributed by atoms with E-state index in [4.69, 9.17) is 18.0 Å². The summed E-state index contributed by atoms with van der Waals surface area (Å²) in [6.45, 7) is 3.68. The van der Waals surface area contributed by atoms with E-state index in [1.807, 2.05) is 18.2 Å². The number of hydrogen-bond donors (Lipinski definition) is 0. The van der Waals surface area contributed by atoms with E-state index in [-0.39, 0.29) is 10.6 Å². The summed E-state index contributed by atoms with van der Waals surface area (Å²) in [5, 5.41) is 1.54. The highest BCUT2D eigenvalue weighted by molar-refractivity contribution is 6.31. The Hall–Kier alpha value is -1.78. The Balaban J connectivity index is 3.05. The summed E-state index contributed by atoms with van der Waals surface area (Å²) in [5.41, 5.74) is 0.999. The van der Waals surface area contributed by atoms with Crippen LogP contribution < -0.4 is 0 Å². The Bertz CT molecular complexity index is 621. The second kappa shape index (κ2) is 4.00. The zero-order chi connectivity index (χ0) is 11.7. The molecule has 2 aromatic carbocycles. The Kier molecular flexibility index (Phi) is 2.68. The molecule has 0 aromatic heterocycles. The Labute approximate surface area is 98.4 Å². The van der Waals surface area contributed by atoms with E-state index < -0.39 is 5.82 Å². The first-order chi connectivity index (χ1) is 7.69. The van der Waals surface area contributed by atoms with Gasteiger partial charge in [0.2, 0.25) is 0 Å². The summed E-state index contributed by atoms with van der Waals surface area (Å²) >= 11 is 5.77. The molecule has 0 spiro atoms. The van der Waals surface area contributed by atoms with E-state index in [2.05, 4.69) is 12.5 Å². The van der Waals surface area contributed by atoms with Crippen LogP contribution in [0.5, 0.6) is 0 Å². The van der Waals surface area contributed by atoms with Crippen molar-refractivity contribution in [1.29, 1.82) is 0 Å². The third-order valence-electron chi connectivity index (χ3n) is 2.45. The van der Waals surface area contributed by atoms with E-state index in [0.717, 1.165) is 10.9 Å². The summed E-state index contributed by atoms with van der Waals surface area (Å²) in [7, 11) is 0. The quantitative estimate of drug-likeness (QED) is 0.643. The van der Waals surface area contributed by atoms with Crippen LogP contribution in [0, 0.1) is 18.2 Å². The lowest BCUT2D eigenvalue weighted by atomic mass is 9.99. The fourth-order valence-electron chi connectivity index (χ4n) is 1.73. The van der Waals surface area contributed by atoms with Gasteiger partial charge in [0.05, 0.1) is 10.6 Å². The van der Waals surface area contributed by atoms with Gasteiger partial charge in [0.25, 0.3) is 0 Å². The number of halogens is 2. The fraction of sp³-hybridized carbons (Fsp3) is 0. The third-order valence-corrected chi connectivity index (χ3v) is 2.73. The molecule has 0 aliphatic rings. The van der Waals surface area contributed by atoms with Crippen LogP contribution in [0.2, 0.25) is 5.02 Å². The Morgan fingerprint density at radius 2 is 2.19 bits per heavy atom. The predicted octanol–water partition coefficient (Wildman–Crippen LogP) is 4.26. The standard InChI is InChI=1S/C14H8ClF/c1-3-9-6-5-7-10-8-12(15)14(16)11(4-2)13(9)10/h2-3,5-8H,1H2. The molecule has 0 saturated carbocycles. The maximum absolute atomic E-state index is 13.7. The predicted molar refractivity (Wildman–Crippen MR) is 66.9 cm³/mol. The maximum Gasteiger partial charge on any atom is 0.158 e. The molecule has 0 nitrogen and oxygen atoms in total. The molecule has 0 aliphatic carbocycles. The molecule has 0 N–H and O–H groups in total. The van der Waals surface area contributed by atoms with Gasteiger partial charge in [-0.25, -0.2) is 4.39 Å². The Morgan fingerprint density at radius 3 is 2.81 bits per heavy atom. The molecule has 2 rings (SSSR count). The highest BCUT2D eigenvalue weighted by Gasteiger charge is 2.12. The van der Waals surface area contributed by atoms with Gasteiger partial charge in [-0.05, 0) is 17.0 Å². The first-order valence-corrected chi connectivity index (χ1v) is 5.06. The zero-order valence-electron chi connectivity index (χ0n) is 8.43. The largest absolute Gasteiger partial charge is 0.204 e. The molecule has 2 heteroatoms. The summed E-state index contributed by atoms with van der Waals surface area (Å²) in [5.74, 6) is 1.80. The summed E-state index contributed by atoms with van der Waals surface area (Å²) < 4.78 is 13.7. The molecule has 0 aliphatic heterocycles. The van der Waals surface area contributed by atoms with Crippen LogP contribution in [0.3, 0.4) is 0 Å². The maximum atomic E-state index is 13.7. The molecule has 0 heterocycles. The van der Waals surface area contributed by atoms with Gasteiger partial charge >= 0.3 is 0 Å². The van der Waals surface area contributed by atoms with Crippen LogP contribution >= 0.6 is 11.6 Å². The molecule has 0 atom stereocenters. The normalized spacial score (nSPS) is 10.1. The molecule has 0 amide bonds. The van der Waals surface area contributed by atoms with Crippen LogP contribution in [0.15, 0.2) is 30.8 Å². The number of benzene rings is 2. The second-order valence-electron chi connectivity index (χ2n) is 3.34. The summed E-state index contributed by atoms with van der Waals surface area (Å²) in [4.78, 5) is 0. The smallest absolute Gasteiger partial charge is 0.158 e. The van der Waals surface area contributed by atoms with Crippen molar-refractivity contribution in [2.24, 2.45) is 0 Å². The van der Waals surface area contributed by atoms with Crippen molar-refractivity contribution in [3.63, 3.8) is 0 Å². The van der Waals surface area contributed by atoms with Gasteiger partial charge in [0.1, 0.15) is 0 Å². The lowest BCUT2D eigenvalue weighted by Crippen LogP contribution is -1.90. The number of hydrogen-bond acceptors (Lipinski definition) is 0. The van der Waals surface area contributed by atoms with Gasteiger partial charge in [-0.15, -0.1) is 6.42 Å². The van der Waals surface area contributed by atoms with E-state index in [1.165, 1.54) is 0 Å². The lowest BCUT2D eigenvalue weighted by molar-refractivity contribution is 0.627. The average molecular weight is 231 g/mol. The average Bonchev–Trinajstić information content (AvgIpc) is 2.30. The summed E-state index contributed by atoms with van der Waals surface area (Å²) in [6, 6.07) is 7.10. The third kappa shape index (κ3) is 1.48. The van der Waals surface area contributed by atoms with E-state index >= 15 is 0 Å². The van der Waals surface area contributed by atoms with Crippen LogP contribution in [-0.2, 0) is 0 Å². The topological polar surface area (TPSA) is 0 Å². The number of rotatable bonds is 1. The molecule has 2 aromatic rings. The van der Waals surface area contributed by atoms with E-state index in [0.29, 0.717) is 5.39 Å². The molecular weight excluding hydrogens is 223 g/mol. The van der Waals surface area contributed by atoms with Crippen molar-refractivity contribution in [2.75, 3.05) is 0 Å². The number of fused-ring (bicyclic) bond motifs is 1. The van der Waals surface area contributed by atoms with Crippen molar-refractivity contribution < 1.29 is 4.39 Å². The minimum Gasteiger partial charge on any atom is -0.204 e. The van der Waals surface area contributed by atoms with Crippen LogP contribution in [0.4, 0.5) is 4.39 Å². The minimum absolute atomic E-state index is 0.0432. The molecule has 0 bridgehead atoms. The molecular formula is C14H8ClF. The molecule has 0 radical (unpaired) electrons. The molecule has 0 unspecified atom stereocenters. The van der Waals surface area contributed by atoms with Crippen LogP contribution in [0.25, 0.3) is 16.8 Å². The highest BCUT2D eigenvalue weighted by atomic mass is 35.5. The first kappa shape index (κ1) is 10.7. The van der Waals surface area contributed by atoms with Crippen molar-refractivity contribution >= 4 is 28.4 Å². The van der Waals surface area contributed by atoms with Crippen molar-refractivity contribution in [1.82, 2.24) is 0 Å². The SMILES string of the molecule is C#Cc1c(F)c(Cl)cc2cccc(C=C)c12. The van der Waals surface area contributed by atoms with Gasteiger partial charge < -0.3 is 0 Å². The summed E-state index contributed by atoms with van der Waals surface area (Å²) in [6.07, 6.45) is 6.98. The van der Waals surface area contributed by atoms with Crippen LogP contribution in [0.1, 0.15) is 11.1 Å². The van der Waals surface area contributed by atoms with E-state index in [9.17, 15) is 4.39 Å². The van der Waals surface area contributed by atoms with Crippen molar-refractivity contribution in [3.05, 3.63) is 52.8 Å². The van der Waals surface area contributed by atoms with Crippen molar-refractivity contribution in [2.45, 2.75) is 0 Å². The van der Waals surface area contributed by atoms with E-state index in [1.54, 1.807) is 12.1 Å². The van der Waals surface area contributed by atoms with Gasteiger partial charge in [0.15, 0.2) is 5.82 Å².